The first-order valence-electron chi connectivity index (χ1n) is 7.10. The molecule has 124 valence electrons. The van der Waals surface area contributed by atoms with Gasteiger partial charge < -0.3 is 29.6 Å². The highest BCUT2D eigenvalue weighted by Gasteiger charge is 2.20. The maximum absolute atomic E-state index is 12.5. The van der Waals surface area contributed by atoms with Crippen molar-refractivity contribution in [2.45, 2.75) is 6.92 Å². The molecule has 4 N–H and O–H groups in total. The Bertz CT molecular complexity index is 988. The summed E-state index contributed by atoms with van der Waals surface area (Å²) in [5.41, 5.74) is -0.533. The standard InChI is InChI=1S/C17H14O7/c1-2-23-12-6-9(18)7-13-14(12)15(21)16(22)17(24-13)8-3-4-10(19)11(20)5-8/h3-7,18-20,22H,2H2,1H3. The first kappa shape index (κ1) is 15.5. The molecule has 0 atom stereocenters. The fourth-order valence-corrected chi connectivity index (χ4v) is 2.39. The summed E-state index contributed by atoms with van der Waals surface area (Å²) in [6.07, 6.45) is 0. The van der Waals surface area contributed by atoms with Gasteiger partial charge in [-0.3, -0.25) is 4.79 Å². The highest BCUT2D eigenvalue weighted by atomic mass is 16.5. The number of rotatable bonds is 3. The second-order valence-corrected chi connectivity index (χ2v) is 5.06. The van der Waals surface area contributed by atoms with E-state index in [0.717, 1.165) is 6.07 Å². The Morgan fingerprint density at radius 2 is 1.79 bits per heavy atom. The summed E-state index contributed by atoms with van der Waals surface area (Å²) >= 11 is 0. The Kier molecular flexibility index (Phi) is 3.69. The van der Waals surface area contributed by atoms with Gasteiger partial charge in [0.25, 0.3) is 0 Å². The number of phenolic OH excluding ortho intramolecular Hbond substituents is 3. The maximum Gasteiger partial charge on any atom is 0.238 e. The van der Waals surface area contributed by atoms with E-state index < -0.39 is 16.9 Å². The van der Waals surface area contributed by atoms with Gasteiger partial charge in [-0.15, -0.1) is 0 Å². The fourth-order valence-electron chi connectivity index (χ4n) is 2.39. The maximum atomic E-state index is 12.5. The first-order chi connectivity index (χ1) is 11.4. The smallest absolute Gasteiger partial charge is 0.238 e. The second kappa shape index (κ2) is 5.69. The summed E-state index contributed by atoms with van der Waals surface area (Å²) in [6, 6.07) is 6.19. The van der Waals surface area contributed by atoms with Crippen LogP contribution in [0.1, 0.15) is 6.92 Å². The van der Waals surface area contributed by atoms with Gasteiger partial charge in [0.2, 0.25) is 11.2 Å². The molecule has 0 saturated heterocycles. The monoisotopic (exact) mass is 330 g/mol. The number of benzene rings is 2. The van der Waals surface area contributed by atoms with Gasteiger partial charge in [-0.1, -0.05) is 0 Å². The van der Waals surface area contributed by atoms with E-state index in [2.05, 4.69) is 0 Å². The molecule has 0 bridgehead atoms. The van der Waals surface area contributed by atoms with Crippen molar-refractivity contribution < 1.29 is 29.6 Å². The Balaban J connectivity index is 2.33. The normalized spacial score (nSPS) is 10.9. The number of hydrogen-bond acceptors (Lipinski definition) is 7. The van der Waals surface area contributed by atoms with Crippen LogP contribution in [0.2, 0.25) is 0 Å². The largest absolute Gasteiger partial charge is 0.508 e. The zero-order valence-electron chi connectivity index (χ0n) is 12.6. The van der Waals surface area contributed by atoms with Crippen molar-refractivity contribution >= 4 is 11.0 Å². The van der Waals surface area contributed by atoms with Gasteiger partial charge in [0.15, 0.2) is 17.3 Å². The molecule has 0 amide bonds. The van der Waals surface area contributed by atoms with Crippen LogP contribution in [-0.4, -0.2) is 27.0 Å². The topological polar surface area (TPSA) is 120 Å². The molecule has 7 nitrogen and oxygen atoms in total. The lowest BCUT2D eigenvalue weighted by molar-refractivity contribution is 0.340. The molecule has 0 aliphatic carbocycles. The summed E-state index contributed by atoms with van der Waals surface area (Å²) in [6.45, 7) is 1.97. The lowest BCUT2D eigenvalue weighted by Gasteiger charge is -2.10. The molecule has 0 saturated carbocycles. The summed E-state index contributed by atoms with van der Waals surface area (Å²) in [5, 5.41) is 38.9. The van der Waals surface area contributed by atoms with Gasteiger partial charge in [-0.25, -0.2) is 0 Å². The summed E-state index contributed by atoms with van der Waals surface area (Å²) in [4.78, 5) is 12.5. The third-order valence-electron chi connectivity index (χ3n) is 3.46. The van der Waals surface area contributed by atoms with E-state index >= 15 is 0 Å². The van der Waals surface area contributed by atoms with Crippen LogP contribution in [0.15, 0.2) is 39.5 Å². The van der Waals surface area contributed by atoms with Crippen molar-refractivity contribution in [3.8, 4) is 40.1 Å². The summed E-state index contributed by atoms with van der Waals surface area (Å²) < 4.78 is 10.9. The van der Waals surface area contributed by atoms with Crippen LogP contribution in [0.3, 0.4) is 0 Å². The number of hydrogen-bond donors (Lipinski definition) is 4. The predicted molar refractivity (Wildman–Crippen MR) is 85.7 cm³/mol. The number of ether oxygens (including phenoxy) is 1. The molecule has 0 spiro atoms. The van der Waals surface area contributed by atoms with Crippen LogP contribution in [0.25, 0.3) is 22.3 Å². The molecule has 0 unspecified atom stereocenters. The molecule has 3 rings (SSSR count). The molecule has 7 heteroatoms. The van der Waals surface area contributed by atoms with E-state index in [1.54, 1.807) is 6.92 Å². The van der Waals surface area contributed by atoms with E-state index in [-0.39, 0.29) is 46.1 Å². The van der Waals surface area contributed by atoms with E-state index in [1.165, 1.54) is 24.3 Å². The van der Waals surface area contributed by atoms with Gasteiger partial charge in [-0.05, 0) is 25.1 Å². The Labute approximate surface area is 135 Å². The van der Waals surface area contributed by atoms with Gasteiger partial charge in [0.05, 0.1) is 6.61 Å². The summed E-state index contributed by atoms with van der Waals surface area (Å²) in [5.74, 6) is -1.72. The molecule has 1 aromatic heterocycles. The van der Waals surface area contributed by atoms with Crippen LogP contribution in [-0.2, 0) is 0 Å². The molecular formula is C17H14O7. The molecule has 0 fully saturated rings. The Morgan fingerprint density at radius 3 is 2.46 bits per heavy atom. The lowest BCUT2D eigenvalue weighted by Crippen LogP contribution is -2.05. The van der Waals surface area contributed by atoms with Crippen LogP contribution in [0.5, 0.6) is 28.7 Å². The van der Waals surface area contributed by atoms with Crippen molar-refractivity contribution in [3.05, 3.63) is 40.6 Å². The van der Waals surface area contributed by atoms with Crippen LogP contribution < -0.4 is 10.2 Å². The number of phenols is 3. The molecule has 24 heavy (non-hydrogen) atoms. The minimum atomic E-state index is -0.734. The van der Waals surface area contributed by atoms with Crippen molar-refractivity contribution in [1.29, 1.82) is 0 Å². The van der Waals surface area contributed by atoms with Crippen molar-refractivity contribution in [1.82, 2.24) is 0 Å². The Hall–Kier alpha value is -3.35. The molecule has 2 aromatic carbocycles. The minimum absolute atomic E-state index is 0.00102. The Morgan fingerprint density at radius 1 is 1.04 bits per heavy atom. The van der Waals surface area contributed by atoms with Crippen LogP contribution in [0, 0.1) is 0 Å². The average Bonchev–Trinajstić information content (AvgIpc) is 2.53. The highest BCUT2D eigenvalue weighted by Crippen LogP contribution is 2.37. The van der Waals surface area contributed by atoms with E-state index in [4.69, 9.17) is 9.15 Å². The van der Waals surface area contributed by atoms with E-state index in [0.29, 0.717) is 0 Å². The molecule has 3 aromatic rings. The van der Waals surface area contributed by atoms with Crippen LogP contribution in [0.4, 0.5) is 0 Å². The highest BCUT2D eigenvalue weighted by molar-refractivity contribution is 5.88. The third kappa shape index (κ3) is 2.45. The first-order valence-corrected chi connectivity index (χ1v) is 7.10. The molecule has 0 aliphatic rings. The van der Waals surface area contributed by atoms with Gasteiger partial charge >= 0.3 is 0 Å². The zero-order chi connectivity index (χ0) is 17.4. The third-order valence-corrected chi connectivity index (χ3v) is 3.46. The van der Waals surface area contributed by atoms with Crippen molar-refractivity contribution in [2.24, 2.45) is 0 Å². The molecule has 0 aliphatic heterocycles. The van der Waals surface area contributed by atoms with Gasteiger partial charge in [0.1, 0.15) is 22.5 Å². The van der Waals surface area contributed by atoms with Crippen molar-refractivity contribution in [2.75, 3.05) is 6.61 Å². The van der Waals surface area contributed by atoms with Gasteiger partial charge in [0, 0.05) is 17.7 Å². The second-order valence-electron chi connectivity index (χ2n) is 5.06. The fraction of sp³-hybridized carbons (Fsp3) is 0.118. The number of fused-ring (bicyclic) bond motifs is 1. The predicted octanol–water partition coefficient (Wildman–Crippen LogP) is 2.68. The minimum Gasteiger partial charge on any atom is -0.508 e. The van der Waals surface area contributed by atoms with E-state index in [9.17, 15) is 25.2 Å². The lowest BCUT2D eigenvalue weighted by atomic mass is 10.1. The summed E-state index contributed by atoms with van der Waals surface area (Å²) in [7, 11) is 0. The number of aromatic hydroxyl groups is 4. The van der Waals surface area contributed by atoms with Crippen LogP contribution >= 0.6 is 0 Å². The quantitative estimate of drug-likeness (QED) is 0.545. The molecule has 1 heterocycles. The van der Waals surface area contributed by atoms with Crippen molar-refractivity contribution in [3.63, 3.8) is 0 Å². The molecule has 0 radical (unpaired) electrons. The average molecular weight is 330 g/mol. The van der Waals surface area contributed by atoms with Gasteiger partial charge in [-0.2, -0.15) is 0 Å². The van der Waals surface area contributed by atoms with E-state index in [1.807, 2.05) is 0 Å². The SMILES string of the molecule is CCOc1cc(O)cc2oc(-c3ccc(O)c(O)c3)c(O)c(=O)c12. The molecular weight excluding hydrogens is 316 g/mol. The zero-order valence-corrected chi connectivity index (χ0v) is 12.6.